The number of hydrogen-bond donors (Lipinski definition) is 1. The van der Waals surface area contributed by atoms with Gasteiger partial charge in [-0.2, -0.15) is 74.6 Å². The molecule has 1 aromatic rings. The van der Waals surface area contributed by atoms with Gasteiger partial charge in [0.15, 0.2) is 0 Å². The molecule has 1 aromatic carbocycles. The predicted molar refractivity (Wildman–Crippen MR) is 92.5 cm³/mol. The second kappa shape index (κ2) is 10.1. The zero-order valence-electron chi connectivity index (χ0n) is 18.3. The highest BCUT2D eigenvalue weighted by Crippen LogP contribution is 2.64. The Labute approximate surface area is 201 Å². The summed E-state index contributed by atoms with van der Waals surface area (Å²) < 4.78 is 230. The molecule has 0 aliphatic rings. The molecule has 0 aliphatic carbocycles. The maximum atomic E-state index is 13.9. The van der Waals surface area contributed by atoms with E-state index in [-0.39, 0.29) is 16.9 Å². The zero-order chi connectivity index (χ0) is 30.4. The normalized spacial score (nSPS) is 15.1. The molecule has 0 aliphatic heterocycles. The van der Waals surface area contributed by atoms with E-state index in [4.69, 9.17) is 9.84 Å². The molecule has 0 bridgehead atoms. The maximum absolute atomic E-state index is 13.9. The summed E-state index contributed by atoms with van der Waals surface area (Å²) in [5.41, 5.74) is 0.0969. The van der Waals surface area contributed by atoms with Crippen LogP contribution in [0.4, 0.5) is 74.6 Å². The van der Waals surface area contributed by atoms with E-state index in [0.29, 0.717) is 0 Å². The van der Waals surface area contributed by atoms with Gasteiger partial charge in [-0.15, -0.1) is 0 Å². The van der Waals surface area contributed by atoms with Gasteiger partial charge in [0.2, 0.25) is 0 Å². The maximum Gasteiger partial charge on any atom is 0.460 e. The topological polar surface area (TPSA) is 29.5 Å². The molecule has 0 fully saturated rings. The van der Waals surface area contributed by atoms with E-state index in [9.17, 15) is 74.6 Å². The molecule has 222 valence electrons. The van der Waals surface area contributed by atoms with Crippen LogP contribution in [0.1, 0.15) is 24.0 Å². The van der Waals surface area contributed by atoms with E-state index in [1.54, 1.807) is 0 Å². The minimum atomic E-state index is -8.63. The van der Waals surface area contributed by atoms with Gasteiger partial charge in [-0.25, -0.2) is 0 Å². The fourth-order valence-electron chi connectivity index (χ4n) is 2.94. The number of alkyl halides is 17. The Kier molecular flexibility index (Phi) is 8.97. The summed E-state index contributed by atoms with van der Waals surface area (Å²) in [6.45, 7) is -0.588. The van der Waals surface area contributed by atoms with Crippen LogP contribution >= 0.6 is 0 Å². The fraction of sp³-hybridized carbons (Fsp3) is 0.684. The van der Waals surface area contributed by atoms with Crippen molar-refractivity contribution in [3.8, 4) is 5.75 Å². The van der Waals surface area contributed by atoms with Crippen LogP contribution in [0.5, 0.6) is 5.75 Å². The Bertz CT molecular complexity index is 968. The highest BCUT2D eigenvalue weighted by atomic mass is 19.4. The number of aliphatic hydroxyl groups is 1. The van der Waals surface area contributed by atoms with E-state index in [1.807, 2.05) is 0 Å². The lowest BCUT2D eigenvalue weighted by Crippen LogP contribution is -2.74. The predicted octanol–water partition coefficient (Wildman–Crippen LogP) is 7.52. The second-order valence-electron chi connectivity index (χ2n) is 7.81. The summed E-state index contributed by atoms with van der Waals surface area (Å²) in [7, 11) is 1.08. The number of methoxy groups -OCH3 is 1. The number of aliphatic hydroxyl groups excluding tert-OH is 1. The molecule has 2 nitrogen and oxygen atoms in total. The first-order valence-corrected chi connectivity index (χ1v) is 9.69. The van der Waals surface area contributed by atoms with Crippen molar-refractivity contribution in [2.45, 2.75) is 73.5 Å². The largest absolute Gasteiger partial charge is 0.496 e. The van der Waals surface area contributed by atoms with Gasteiger partial charge in [0.1, 0.15) is 5.75 Å². The van der Waals surface area contributed by atoms with Gasteiger partial charge < -0.3 is 9.84 Å². The van der Waals surface area contributed by atoms with E-state index >= 15 is 0 Å². The van der Waals surface area contributed by atoms with Crippen molar-refractivity contribution in [3.05, 3.63) is 29.3 Å². The quantitative estimate of drug-likeness (QED) is 0.253. The van der Waals surface area contributed by atoms with Crippen LogP contribution in [0.2, 0.25) is 0 Å². The second-order valence-corrected chi connectivity index (χ2v) is 7.81. The van der Waals surface area contributed by atoms with Gasteiger partial charge in [0.05, 0.1) is 13.7 Å². The van der Waals surface area contributed by atoms with Crippen molar-refractivity contribution in [1.29, 1.82) is 0 Å². The highest BCUT2D eigenvalue weighted by Gasteiger charge is 2.95. The van der Waals surface area contributed by atoms with Crippen molar-refractivity contribution in [2.24, 2.45) is 0 Å². The van der Waals surface area contributed by atoms with Gasteiger partial charge in [0.25, 0.3) is 0 Å². The SMILES string of the molecule is COc1cc(CCCC(F)(F)C(F)(F)C(F)(F)C(F)(F)C(F)(F)C(F)(F)C(F)(F)C(F)(F)F)ccc1CO. The Morgan fingerprint density at radius 2 is 1.05 bits per heavy atom. The average molecular weight is 598 g/mol. The first kappa shape index (κ1) is 33.8. The van der Waals surface area contributed by atoms with Crippen LogP contribution in [0.25, 0.3) is 0 Å². The number of hydrogen-bond acceptors (Lipinski definition) is 2. The molecule has 1 N–H and O–H groups in total. The van der Waals surface area contributed by atoms with Crippen molar-refractivity contribution < 1.29 is 84.5 Å². The molecular weight excluding hydrogens is 583 g/mol. The smallest absolute Gasteiger partial charge is 0.460 e. The molecular formula is C19H15F17O2. The van der Waals surface area contributed by atoms with Crippen LogP contribution in [-0.4, -0.2) is 59.9 Å². The van der Waals surface area contributed by atoms with Gasteiger partial charge in [-0.05, 0) is 24.5 Å². The van der Waals surface area contributed by atoms with E-state index < -0.39 is 73.5 Å². The Morgan fingerprint density at radius 1 is 0.632 bits per heavy atom. The third kappa shape index (κ3) is 5.05. The number of ether oxygens (including phenoxy) is 1. The Morgan fingerprint density at radius 3 is 1.45 bits per heavy atom. The van der Waals surface area contributed by atoms with Gasteiger partial charge in [0, 0.05) is 12.0 Å². The molecule has 0 aromatic heterocycles. The molecule has 0 saturated heterocycles. The molecule has 1 rings (SSSR count). The fourth-order valence-corrected chi connectivity index (χ4v) is 2.94. The molecule has 0 saturated carbocycles. The lowest BCUT2D eigenvalue weighted by Gasteiger charge is -2.42. The van der Waals surface area contributed by atoms with E-state index in [2.05, 4.69) is 0 Å². The summed E-state index contributed by atoms with van der Waals surface area (Å²) in [6.07, 6.45) is -12.3. The molecule has 0 spiro atoms. The number of benzene rings is 1. The lowest BCUT2D eigenvalue weighted by molar-refractivity contribution is -0.461. The Balaban J connectivity index is 3.32. The molecule has 0 unspecified atom stereocenters. The van der Waals surface area contributed by atoms with Crippen LogP contribution in [0, 0.1) is 0 Å². The van der Waals surface area contributed by atoms with Crippen LogP contribution < -0.4 is 4.74 Å². The third-order valence-corrected chi connectivity index (χ3v) is 5.27. The lowest BCUT2D eigenvalue weighted by atomic mass is 9.87. The van der Waals surface area contributed by atoms with E-state index in [1.165, 1.54) is 0 Å². The van der Waals surface area contributed by atoms with Gasteiger partial charge in [-0.1, -0.05) is 12.1 Å². The molecule has 38 heavy (non-hydrogen) atoms. The summed E-state index contributed by atoms with van der Waals surface area (Å²) in [5, 5.41) is 9.05. The highest BCUT2D eigenvalue weighted by molar-refractivity contribution is 5.37. The van der Waals surface area contributed by atoms with Crippen molar-refractivity contribution in [1.82, 2.24) is 0 Å². The van der Waals surface area contributed by atoms with Crippen LogP contribution in [-0.2, 0) is 13.0 Å². The average Bonchev–Trinajstić information content (AvgIpc) is 2.77. The van der Waals surface area contributed by atoms with Crippen LogP contribution in [0.3, 0.4) is 0 Å². The first-order chi connectivity index (χ1) is 16.7. The van der Waals surface area contributed by atoms with Crippen molar-refractivity contribution >= 4 is 0 Å². The monoisotopic (exact) mass is 598 g/mol. The minimum Gasteiger partial charge on any atom is -0.496 e. The number of rotatable bonds is 12. The molecule has 0 atom stereocenters. The molecule has 19 heteroatoms. The van der Waals surface area contributed by atoms with Crippen molar-refractivity contribution in [2.75, 3.05) is 7.11 Å². The van der Waals surface area contributed by atoms with Crippen molar-refractivity contribution in [3.63, 3.8) is 0 Å². The summed E-state index contributed by atoms with van der Waals surface area (Å²) in [4.78, 5) is 0. The third-order valence-electron chi connectivity index (χ3n) is 5.27. The van der Waals surface area contributed by atoms with Gasteiger partial charge in [-0.3, -0.25) is 0 Å². The standard InChI is InChI=1S/C19H15F17O2/c1-38-11-7-9(4-5-10(11)8-37)3-2-6-12(20,21)13(22,23)14(24,25)15(26,27)16(28,29)17(30,31)18(32,33)19(34,35)36/h4-5,7,37H,2-3,6,8H2,1H3. The molecule has 0 radical (unpaired) electrons. The summed E-state index contributed by atoms with van der Waals surface area (Å²) >= 11 is 0. The number of halogens is 17. The summed E-state index contributed by atoms with van der Waals surface area (Å²) in [6, 6.07) is 3.29. The first-order valence-electron chi connectivity index (χ1n) is 9.69. The minimum absolute atomic E-state index is 0.0455. The number of aryl methyl sites for hydroxylation is 1. The molecule has 0 heterocycles. The summed E-state index contributed by atoms with van der Waals surface area (Å²) in [5.74, 6) is -56.3. The molecule has 0 amide bonds. The van der Waals surface area contributed by atoms with E-state index in [0.717, 1.165) is 25.3 Å². The van der Waals surface area contributed by atoms with Gasteiger partial charge >= 0.3 is 47.6 Å². The Hall–Kier alpha value is -2.21. The van der Waals surface area contributed by atoms with Crippen LogP contribution in [0.15, 0.2) is 18.2 Å². The zero-order valence-corrected chi connectivity index (χ0v) is 18.3.